The molecule has 1 aliphatic heterocycles. The van der Waals surface area contributed by atoms with Gasteiger partial charge in [0.1, 0.15) is 5.82 Å². The van der Waals surface area contributed by atoms with Crippen molar-refractivity contribution in [2.45, 2.75) is 44.0 Å². The minimum absolute atomic E-state index is 0.140. The van der Waals surface area contributed by atoms with Gasteiger partial charge < -0.3 is 5.32 Å². The molecule has 106 valence electrons. The van der Waals surface area contributed by atoms with Crippen LogP contribution in [0.1, 0.15) is 33.1 Å². The second-order valence-corrected chi connectivity index (χ2v) is 6.62. The van der Waals surface area contributed by atoms with Crippen LogP contribution in [-0.4, -0.2) is 36.8 Å². The van der Waals surface area contributed by atoms with Crippen LogP contribution in [0.25, 0.3) is 0 Å². The summed E-state index contributed by atoms with van der Waals surface area (Å²) in [7, 11) is -3.39. The molecule has 1 aromatic rings. The Morgan fingerprint density at radius 2 is 2.26 bits per heavy atom. The number of hydrogen-bond acceptors (Lipinski definition) is 4. The van der Waals surface area contributed by atoms with Crippen LogP contribution in [0.5, 0.6) is 0 Å². The van der Waals surface area contributed by atoms with Crippen LogP contribution in [0.15, 0.2) is 23.2 Å². The fourth-order valence-corrected chi connectivity index (χ4v) is 4.30. The van der Waals surface area contributed by atoms with Crippen molar-refractivity contribution in [1.29, 1.82) is 0 Å². The number of anilines is 1. The topological polar surface area (TPSA) is 62.3 Å². The zero-order valence-corrected chi connectivity index (χ0v) is 12.3. The van der Waals surface area contributed by atoms with E-state index in [9.17, 15) is 8.42 Å². The van der Waals surface area contributed by atoms with Gasteiger partial charge in [-0.2, -0.15) is 4.31 Å². The lowest BCUT2D eigenvalue weighted by atomic mass is 10.2. The molecule has 1 aliphatic rings. The highest BCUT2D eigenvalue weighted by Gasteiger charge is 2.34. The molecule has 0 aromatic carbocycles. The molecule has 5 nitrogen and oxygen atoms in total. The molecule has 19 heavy (non-hydrogen) atoms. The largest absolute Gasteiger partial charge is 0.370 e. The van der Waals surface area contributed by atoms with Gasteiger partial charge in [-0.05, 0) is 32.3 Å². The van der Waals surface area contributed by atoms with Crippen LogP contribution in [-0.2, 0) is 10.0 Å². The Morgan fingerprint density at radius 3 is 2.95 bits per heavy atom. The molecule has 0 amide bonds. The van der Waals surface area contributed by atoms with Crippen molar-refractivity contribution in [1.82, 2.24) is 9.29 Å². The lowest BCUT2D eigenvalue weighted by Crippen LogP contribution is -2.35. The van der Waals surface area contributed by atoms with Gasteiger partial charge in [-0.15, -0.1) is 0 Å². The zero-order chi connectivity index (χ0) is 13.9. The van der Waals surface area contributed by atoms with Gasteiger partial charge in [-0.25, -0.2) is 13.4 Å². The average molecular weight is 283 g/mol. The summed E-state index contributed by atoms with van der Waals surface area (Å²) in [4.78, 5) is 4.45. The molecule has 0 bridgehead atoms. The normalized spacial score (nSPS) is 20.6. The van der Waals surface area contributed by atoms with Crippen molar-refractivity contribution >= 4 is 15.8 Å². The summed E-state index contributed by atoms with van der Waals surface area (Å²) in [5.74, 6) is 0.607. The molecule has 0 spiro atoms. The van der Waals surface area contributed by atoms with Crippen LogP contribution >= 0.6 is 0 Å². The first-order chi connectivity index (χ1) is 9.09. The molecule has 2 heterocycles. The van der Waals surface area contributed by atoms with E-state index in [4.69, 9.17) is 0 Å². The lowest BCUT2D eigenvalue weighted by molar-refractivity contribution is 0.379. The van der Waals surface area contributed by atoms with E-state index < -0.39 is 10.0 Å². The predicted octanol–water partition coefficient (Wildman–Crippen LogP) is 2.08. The summed E-state index contributed by atoms with van der Waals surface area (Å²) >= 11 is 0. The molecule has 0 saturated carbocycles. The predicted molar refractivity (Wildman–Crippen MR) is 75.6 cm³/mol. The number of hydrogen-bond donors (Lipinski definition) is 1. The summed E-state index contributed by atoms with van der Waals surface area (Å²) in [5.41, 5.74) is 0. The Kier molecular flexibility index (Phi) is 4.42. The van der Waals surface area contributed by atoms with Crippen LogP contribution in [0.4, 0.5) is 5.82 Å². The number of aromatic nitrogens is 1. The Balaban J connectivity index is 2.31. The highest BCUT2D eigenvalue weighted by molar-refractivity contribution is 7.89. The molecule has 2 rings (SSSR count). The molecule has 0 radical (unpaired) electrons. The minimum atomic E-state index is -3.39. The molecule has 1 atom stereocenters. The van der Waals surface area contributed by atoms with Gasteiger partial charge in [0, 0.05) is 31.4 Å². The van der Waals surface area contributed by atoms with Gasteiger partial charge in [0.2, 0.25) is 10.0 Å². The molecular formula is C13H21N3O2S. The van der Waals surface area contributed by atoms with Gasteiger partial charge in [-0.1, -0.05) is 6.92 Å². The van der Waals surface area contributed by atoms with Gasteiger partial charge in [0.05, 0.1) is 4.90 Å². The van der Waals surface area contributed by atoms with E-state index in [2.05, 4.69) is 10.3 Å². The van der Waals surface area contributed by atoms with Crippen LogP contribution in [0.3, 0.4) is 0 Å². The fourth-order valence-electron chi connectivity index (χ4n) is 2.52. The third-order valence-corrected chi connectivity index (χ3v) is 5.44. The summed E-state index contributed by atoms with van der Waals surface area (Å²) in [5, 5.41) is 3.04. The molecule has 1 fully saturated rings. The summed E-state index contributed by atoms with van der Waals surface area (Å²) in [6.45, 7) is 5.34. The first-order valence-corrected chi connectivity index (χ1v) is 8.25. The van der Waals surface area contributed by atoms with Gasteiger partial charge in [0.15, 0.2) is 0 Å². The smallest absolute Gasteiger partial charge is 0.243 e. The number of nitrogens with one attached hydrogen (secondary N) is 1. The Hall–Kier alpha value is -1.14. The van der Waals surface area contributed by atoms with Crippen molar-refractivity contribution in [3.63, 3.8) is 0 Å². The van der Waals surface area contributed by atoms with E-state index in [1.54, 1.807) is 22.6 Å². The first kappa shape index (κ1) is 14.3. The Labute approximate surface area is 115 Å². The van der Waals surface area contributed by atoms with Crippen LogP contribution in [0.2, 0.25) is 0 Å². The van der Waals surface area contributed by atoms with Crippen molar-refractivity contribution in [2.75, 3.05) is 18.4 Å². The molecule has 6 heteroatoms. The lowest BCUT2D eigenvalue weighted by Gasteiger charge is -2.23. The Bertz CT molecular complexity index is 530. The average Bonchev–Trinajstić information content (AvgIpc) is 2.88. The number of rotatable bonds is 5. The highest BCUT2D eigenvalue weighted by Crippen LogP contribution is 2.28. The molecule has 1 unspecified atom stereocenters. The monoisotopic (exact) mass is 283 g/mol. The molecule has 1 saturated heterocycles. The zero-order valence-electron chi connectivity index (χ0n) is 11.5. The van der Waals surface area contributed by atoms with E-state index in [0.29, 0.717) is 17.3 Å². The Morgan fingerprint density at radius 1 is 1.47 bits per heavy atom. The van der Waals surface area contributed by atoms with Crippen molar-refractivity contribution in [2.24, 2.45) is 0 Å². The maximum atomic E-state index is 12.6. The third-order valence-electron chi connectivity index (χ3n) is 3.49. The van der Waals surface area contributed by atoms with Crippen molar-refractivity contribution < 1.29 is 8.42 Å². The summed E-state index contributed by atoms with van der Waals surface area (Å²) in [6.07, 6.45) is 4.32. The number of nitrogens with zero attached hydrogens (tertiary/aromatic N) is 2. The van der Waals surface area contributed by atoms with E-state index in [1.807, 2.05) is 13.8 Å². The summed E-state index contributed by atoms with van der Waals surface area (Å²) < 4.78 is 26.9. The second-order valence-electron chi connectivity index (χ2n) is 4.73. The maximum Gasteiger partial charge on any atom is 0.243 e. The number of pyridine rings is 1. The molecule has 1 N–H and O–H groups in total. The summed E-state index contributed by atoms with van der Waals surface area (Å²) in [6, 6.07) is 3.33. The van der Waals surface area contributed by atoms with Crippen molar-refractivity contribution in [3.8, 4) is 0 Å². The highest BCUT2D eigenvalue weighted by atomic mass is 32.2. The first-order valence-electron chi connectivity index (χ1n) is 6.81. The fraction of sp³-hybridized carbons (Fsp3) is 0.615. The maximum absolute atomic E-state index is 12.6. The quantitative estimate of drug-likeness (QED) is 0.898. The van der Waals surface area contributed by atoms with E-state index in [1.165, 1.54) is 0 Å². The van der Waals surface area contributed by atoms with E-state index in [-0.39, 0.29) is 6.04 Å². The molecular weight excluding hydrogens is 262 g/mol. The van der Waals surface area contributed by atoms with Gasteiger partial charge in [-0.3, -0.25) is 0 Å². The standard InChI is InChI=1S/C13H21N3O2S/c1-3-11-6-5-9-16(11)19(17,18)12-7-8-15-13(10-12)14-4-2/h7-8,10-11H,3-6,9H2,1-2H3,(H,14,15). The van der Waals surface area contributed by atoms with E-state index >= 15 is 0 Å². The van der Waals surface area contributed by atoms with Gasteiger partial charge in [0.25, 0.3) is 0 Å². The number of sulfonamides is 1. The third kappa shape index (κ3) is 2.90. The van der Waals surface area contributed by atoms with Crippen LogP contribution in [0, 0.1) is 0 Å². The van der Waals surface area contributed by atoms with Crippen LogP contribution < -0.4 is 5.32 Å². The molecule has 0 aliphatic carbocycles. The molecule has 1 aromatic heterocycles. The minimum Gasteiger partial charge on any atom is -0.370 e. The van der Waals surface area contributed by atoms with Crippen molar-refractivity contribution in [3.05, 3.63) is 18.3 Å². The SMILES string of the molecule is CCNc1cc(S(=O)(=O)N2CCCC2CC)ccn1. The second kappa shape index (κ2) is 5.88. The van der Waals surface area contributed by atoms with E-state index in [0.717, 1.165) is 25.8 Å². The van der Waals surface area contributed by atoms with Gasteiger partial charge >= 0.3 is 0 Å².